The topological polar surface area (TPSA) is 95.6 Å². The van der Waals surface area contributed by atoms with Gasteiger partial charge in [-0.1, -0.05) is 17.7 Å². The Kier molecular flexibility index (Phi) is 5.46. The number of rotatable bonds is 5. The number of amides is 2. The molecule has 1 saturated heterocycles. The molecular formula is C19H21N3O4S. The van der Waals surface area contributed by atoms with Gasteiger partial charge in [0.1, 0.15) is 0 Å². The normalized spacial score (nSPS) is 15.4. The molecule has 1 heterocycles. The summed E-state index contributed by atoms with van der Waals surface area (Å²) in [6, 6.07) is 13.7. The molecule has 2 N–H and O–H groups in total. The van der Waals surface area contributed by atoms with Crippen molar-refractivity contribution in [1.82, 2.24) is 5.32 Å². The summed E-state index contributed by atoms with van der Waals surface area (Å²) >= 11 is 0. The quantitative estimate of drug-likeness (QED) is 0.819. The first-order valence-corrected chi connectivity index (χ1v) is 10.2. The summed E-state index contributed by atoms with van der Waals surface area (Å²) in [6.07, 6.45) is 0.613. The van der Waals surface area contributed by atoms with E-state index in [9.17, 15) is 18.0 Å². The van der Waals surface area contributed by atoms with Crippen molar-refractivity contribution in [3.63, 3.8) is 0 Å². The molecule has 0 bridgehead atoms. The third-order valence-corrected chi connectivity index (χ3v) is 6.13. The van der Waals surface area contributed by atoms with Crippen LogP contribution < -0.4 is 14.9 Å². The van der Waals surface area contributed by atoms with Gasteiger partial charge in [-0.2, -0.15) is 0 Å². The third-order valence-electron chi connectivity index (χ3n) is 4.26. The van der Waals surface area contributed by atoms with Crippen molar-refractivity contribution < 1.29 is 18.0 Å². The molecule has 1 fully saturated rings. The van der Waals surface area contributed by atoms with Crippen LogP contribution in [0.25, 0.3) is 0 Å². The Bertz CT molecular complexity index is 938. The number of hydrogen-bond acceptors (Lipinski definition) is 4. The van der Waals surface area contributed by atoms with Crippen LogP contribution in [0.3, 0.4) is 0 Å². The van der Waals surface area contributed by atoms with Gasteiger partial charge in [-0.05, 0) is 49.7 Å². The number of carbonyl (C=O) groups excluding carboxylic acids is 2. The summed E-state index contributed by atoms with van der Waals surface area (Å²) in [7, 11) is -3.22. The predicted octanol–water partition coefficient (Wildman–Crippen LogP) is 1.90. The maximum atomic E-state index is 12.0. The largest absolute Gasteiger partial charge is 0.343 e. The lowest BCUT2D eigenvalue weighted by Gasteiger charge is -2.17. The fourth-order valence-electron chi connectivity index (χ4n) is 2.81. The molecule has 27 heavy (non-hydrogen) atoms. The molecule has 2 aromatic rings. The van der Waals surface area contributed by atoms with E-state index in [1.165, 1.54) is 4.31 Å². The van der Waals surface area contributed by atoms with E-state index < -0.39 is 10.0 Å². The minimum atomic E-state index is -3.22. The van der Waals surface area contributed by atoms with Gasteiger partial charge >= 0.3 is 0 Å². The maximum absolute atomic E-state index is 12.0. The number of nitrogens with zero attached hydrogens (tertiary/aromatic N) is 1. The Balaban J connectivity index is 1.53. The second-order valence-electron chi connectivity index (χ2n) is 6.39. The number of aryl methyl sites for hydroxylation is 1. The molecule has 0 aliphatic carbocycles. The van der Waals surface area contributed by atoms with Gasteiger partial charge in [-0.25, -0.2) is 8.42 Å². The molecule has 0 spiro atoms. The van der Waals surface area contributed by atoms with E-state index in [4.69, 9.17) is 0 Å². The van der Waals surface area contributed by atoms with Crippen LogP contribution in [-0.2, 0) is 14.8 Å². The fraction of sp³-hybridized carbons (Fsp3) is 0.263. The molecule has 142 valence electrons. The number of anilines is 2. The van der Waals surface area contributed by atoms with Crippen LogP contribution in [0.5, 0.6) is 0 Å². The Labute approximate surface area is 158 Å². The van der Waals surface area contributed by atoms with Crippen LogP contribution in [0.2, 0.25) is 0 Å². The van der Waals surface area contributed by atoms with Crippen LogP contribution in [0.1, 0.15) is 22.3 Å². The molecule has 8 heteroatoms. The van der Waals surface area contributed by atoms with E-state index >= 15 is 0 Å². The molecule has 2 amide bonds. The fourth-order valence-corrected chi connectivity index (χ4v) is 4.38. The summed E-state index contributed by atoms with van der Waals surface area (Å²) in [5.74, 6) is -0.525. The highest BCUT2D eigenvalue weighted by Crippen LogP contribution is 2.25. The van der Waals surface area contributed by atoms with Gasteiger partial charge in [0.25, 0.3) is 5.91 Å². The van der Waals surface area contributed by atoms with Crippen LogP contribution in [0.15, 0.2) is 48.5 Å². The molecule has 0 aromatic heterocycles. The van der Waals surface area contributed by atoms with Gasteiger partial charge in [0.05, 0.1) is 18.0 Å². The monoisotopic (exact) mass is 387 g/mol. The lowest BCUT2D eigenvalue weighted by atomic mass is 10.1. The highest BCUT2D eigenvalue weighted by atomic mass is 32.2. The van der Waals surface area contributed by atoms with E-state index in [1.54, 1.807) is 36.4 Å². The second-order valence-corrected chi connectivity index (χ2v) is 8.40. The van der Waals surface area contributed by atoms with Crippen LogP contribution >= 0.6 is 0 Å². The Hall–Kier alpha value is -2.87. The molecule has 0 atom stereocenters. The van der Waals surface area contributed by atoms with Crippen LogP contribution in [0, 0.1) is 6.92 Å². The van der Waals surface area contributed by atoms with Crippen molar-refractivity contribution in [2.45, 2.75) is 13.3 Å². The summed E-state index contributed by atoms with van der Waals surface area (Å²) < 4.78 is 25.2. The Morgan fingerprint density at radius 3 is 2.30 bits per heavy atom. The molecule has 0 saturated carbocycles. The number of carbonyl (C=O) groups is 2. The standard InChI is InChI=1S/C19H21N3O4S/c1-14-3-5-15(6-4-14)19(24)20-13-18(23)21-16-7-9-17(10-8-16)22-11-2-12-27(22,25)26/h3-10H,2,11-13H2,1H3,(H,20,24)(H,21,23). The summed E-state index contributed by atoms with van der Waals surface area (Å²) in [5.41, 5.74) is 2.65. The smallest absolute Gasteiger partial charge is 0.251 e. The highest BCUT2D eigenvalue weighted by molar-refractivity contribution is 7.93. The second kappa shape index (κ2) is 7.79. The van der Waals surface area contributed by atoms with Gasteiger partial charge < -0.3 is 10.6 Å². The van der Waals surface area contributed by atoms with Crippen molar-refractivity contribution in [1.29, 1.82) is 0 Å². The maximum Gasteiger partial charge on any atom is 0.251 e. The van der Waals surface area contributed by atoms with E-state index in [1.807, 2.05) is 19.1 Å². The molecule has 1 aliphatic heterocycles. The zero-order valence-electron chi connectivity index (χ0n) is 14.9. The lowest BCUT2D eigenvalue weighted by molar-refractivity contribution is -0.115. The summed E-state index contributed by atoms with van der Waals surface area (Å²) in [6.45, 7) is 2.24. The minimum Gasteiger partial charge on any atom is -0.343 e. The first-order valence-electron chi connectivity index (χ1n) is 8.60. The summed E-state index contributed by atoms with van der Waals surface area (Å²) in [4.78, 5) is 24.0. The molecule has 2 aromatic carbocycles. The minimum absolute atomic E-state index is 0.158. The average molecular weight is 387 g/mol. The van der Waals surface area contributed by atoms with Crippen molar-refractivity contribution >= 4 is 33.2 Å². The van der Waals surface area contributed by atoms with Gasteiger partial charge in [-0.15, -0.1) is 0 Å². The van der Waals surface area contributed by atoms with E-state index in [2.05, 4.69) is 10.6 Å². The summed E-state index contributed by atoms with van der Waals surface area (Å²) in [5, 5.41) is 5.24. The zero-order chi connectivity index (χ0) is 19.4. The van der Waals surface area contributed by atoms with Gasteiger partial charge in [0, 0.05) is 17.8 Å². The van der Waals surface area contributed by atoms with E-state index in [-0.39, 0.29) is 24.1 Å². The predicted molar refractivity (Wildman–Crippen MR) is 104 cm³/mol. The number of hydrogen-bond donors (Lipinski definition) is 2. The van der Waals surface area contributed by atoms with Crippen LogP contribution in [-0.4, -0.2) is 39.1 Å². The molecule has 0 unspecified atom stereocenters. The molecule has 1 aliphatic rings. The SMILES string of the molecule is Cc1ccc(C(=O)NCC(=O)Nc2ccc(N3CCCS3(=O)=O)cc2)cc1. The Morgan fingerprint density at radius 2 is 1.70 bits per heavy atom. The van der Waals surface area contributed by atoms with Gasteiger partial charge in [0.2, 0.25) is 15.9 Å². The molecule has 3 rings (SSSR count). The Morgan fingerprint density at radius 1 is 1.04 bits per heavy atom. The van der Waals surface area contributed by atoms with Crippen molar-refractivity contribution in [2.24, 2.45) is 0 Å². The molecule has 0 radical (unpaired) electrons. The van der Waals surface area contributed by atoms with Crippen molar-refractivity contribution in [3.8, 4) is 0 Å². The first kappa shape index (κ1) is 18.9. The van der Waals surface area contributed by atoms with Crippen molar-refractivity contribution in [2.75, 3.05) is 28.5 Å². The third kappa shape index (κ3) is 4.65. The number of sulfonamides is 1. The van der Waals surface area contributed by atoms with E-state index in [0.29, 0.717) is 29.9 Å². The average Bonchev–Trinajstić information content (AvgIpc) is 3.00. The van der Waals surface area contributed by atoms with Crippen molar-refractivity contribution in [3.05, 3.63) is 59.7 Å². The van der Waals surface area contributed by atoms with Gasteiger partial charge in [0.15, 0.2) is 0 Å². The van der Waals surface area contributed by atoms with Gasteiger partial charge in [-0.3, -0.25) is 13.9 Å². The van der Waals surface area contributed by atoms with Crippen LogP contribution in [0.4, 0.5) is 11.4 Å². The molecule has 7 nitrogen and oxygen atoms in total. The zero-order valence-corrected chi connectivity index (χ0v) is 15.8. The number of benzene rings is 2. The lowest BCUT2D eigenvalue weighted by Crippen LogP contribution is -2.32. The first-order chi connectivity index (χ1) is 12.8. The van der Waals surface area contributed by atoms with E-state index in [0.717, 1.165) is 5.56 Å². The number of nitrogens with one attached hydrogen (secondary N) is 2. The highest BCUT2D eigenvalue weighted by Gasteiger charge is 2.28. The molecular weight excluding hydrogens is 366 g/mol.